The number of imidazole rings is 1. The summed E-state index contributed by atoms with van der Waals surface area (Å²) in [5.41, 5.74) is 14.2. The van der Waals surface area contributed by atoms with Gasteiger partial charge in [0.2, 0.25) is 0 Å². The Balaban J connectivity index is 0.000000255. The van der Waals surface area contributed by atoms with Crippen molar-refractivity contribution in [1.29, 1.82) is 0 Å². The zero-order chi connectivity index (χ0) is 42.9. The molecule has 0 aliphatic rings. The van der Waals surface area contributed by atoms with Crippen molar-refractivity contribution in [2.24, 2.45) is 5.92 Å². The first kappa shape index (κ1) is 43.5. The second kappa shape index (κ2) is 18.7. The van der Waals surface area contributed by atoms with Crippen LogP contribution in [0, 0.1) is 25.0 Å². The number of para-hydroxylation sites is 2. The quantitative estimate of drug-likeness (QED) is 0.112. The van der Waals surface area contributed by atoms with E-state index in [0.29, 0.717) is 17.8 Å². The first-order valence-corrected chi connectivity index (χ1v) is 22.0. The van der Waals surface area contributed by atoms with Crippen molar-refractivity contribution in [2.75, 3.05) is 0 Å². The molecule has 0 saturated carbocycles. The van der Waals surface area contributed by atoms with E-state index in [9.17, 15) is 0 Å². The third kappa shape index (κ3) is 8.63. The topological polar surface area (TPSA) is 30.7 Å². The van der Waals surface area contributed by atoms with Crippen molar-refractivity contribution in [3.8, 4) is 39.5 Å². The molecule has 0 bridgehead atoms. The van der Waals surface area contributed by atoms with E-state index in [0.717, 1.165) is 40.1 Å². The molecule has 0 spiro atoms. The number of hydrogen-bond acceptors (Lipinski definition) is 2. The number of benzene rings is 8. The molecule has 4 heteroatoms. The van der Waals surface area contributed by atoms with E-state index in [2.05, 4.69) is 210 Å². The molecule has 8 aromatic carbocycles. The van der Waals surface area contributed by atoms with Crippen LogP contribution in [0.5, 0.6) is 0 Å². The molecule has 2 heterocycles. The van der Waals surface area contributed by atoms with E-state index in [1.165, 1.54) is 71.4 Å². The smallest absolute Gasteiger partial charge is 0.0774 e. The minimum atomic E-state index is 0. The van der Waals surface area contributed by atoms with Gasteiger partial charge in [0.25, 0.3) is 0 Å². The average molecular weight is 996 g/mol. The van der Waals surface area contributed by atoms with Crippen LogP contribution in [0.15, 0.2) is 164 Å². The fourth-order valence-corrected chi connectivity index (χ4v) is 8.95. The van der Waals surface area contributed by atoms with Crippen molar-refractivity contribution in [1.82, 2.24) is 14.5 Å². The molecule has 0 atom stereocenters. The first-order chi connectivity index (χ1) is 30.2. The van der Waals surface area contributed by atoms with Gasteiger partial charge in [0, 0.05) is 32.0 Å². The largest absolute Gasteiger partial charge is 0.333 e. The van der Waals surface area contributed by atoms with Gasteiger partial charge in [-0.2, -0.15) is 0 Å². The summed E-state index contributed by atoms with van der Waals surface area (Å²) in [4.78, 5) is 9.81. The van der Waals surface area contributed by atoms with Gasteiger partial charge in [-0.3, -0.25) is 4.98 Å². The molecule has 0 aliphatic carbocycles. The predicted octanol–water partition coefficient (Wildman–Crippen LogP) is 15.9. The van der Waals surface area contributed by atoms with Crippen molar-refractivity contribution < 1.29 is 20.1 Å². The number of rotatable bonds is 8. The third-order valence-corrected chi connectivity index (χ3v) is 12.0. The molecule has 0 saturated heterocycles. The van der Waals surface area contributed by atoms with Crippen LogP contribution in [0.1, 0.15) is 75.6 Å². The minimum absolute atomic E-state index is 0. The second-order valence-electron chi connectivity index (χ2n) is 17.6. The van der Waals surface area contributed by atoms with Gasteiger partial charge in [-0.1, -0.05) is 160 Å². The molecule has 10 rings (SSSR count). The zero-order valence-corrected chi connectivity index (χ0v) is 39.6. The number of nitrogens with zero attached hydrogens (tertiary/aromatic N) is 3. The summed E-state index contributed by atoms with van der Waals surface area (Å²) in [7, 11) is 0. The molecule has 1 radical (unpaired) electrons. The summed E-state index contributed by atoms with van der Waals surface area (Å²) < 4.78 is 2.41. The Morgan fingerprint density at radius 3 is 1.76 bits per heavy atom. The predicted molar refractivity (Wildman–Crippen MR) is 263 cm³/mol. The van der Waals surface area contributed by atoms with E-state index < -0.39 is 0 Å². The molecule has 0 fully saturated rings. The Morgan fingerprint density at radius 2 is 1.14 bits per heavy atom. The molecule has 10 aromatic rings. The van der Waals surface area contributed by atoms with Gasteiger partial charge in [0.1, 0.15) is 0 Å². The summed E-state index contributed by atoms with van der Waals surface area (Å²) in [6.07, 6.45) is 3.07. The normalized spacial score (nSPS) is 11.5. The van der Waals surface area contributed by atoms with E-state index in [1.807, 2.05) is 24.4 Å². The maximum atomic E-state index is 5.32. The van der Waals surface area contributed by atoms with Crippen LogP contribution in [0.25, 0.3) is 82.8 Å². The molecular formula is C59H53IrN3-2. The molecule has 315 valence electrons. The number of pyridine rings is 1. The van der Waals surface area contributed by atoms with Crippen molar-refractivity contribution in [3.63, 3.8) is 0 Å². The Bertz CT molecular complexity index is 3130. The van der Waals surface area contributed by atoms with Gasteiger partial charge in [-0.05, 0) is 105 Å². The molecule has 2 aromatic heterocycles. The molecule has 0 unspecified atom stereocenters. The van der Waals surface area contributed by atoms with E-state index in [1.54, 1.807) is 0 Å². The first-order valence-electron chi connectivity index (χ1n) is 22.0. The van der Waals surface area contributed by atoms with Crippen LogP contribution in [0.4, 0.5) is 0 Å². The second-order valence-corrected chi connectivity index (χ2v) is 17.6. The molecule has 0 aliphatic heterocycles. The molecule has 0 N–H and O–H groups in total. The van der Waals surface area contributed by atoms with E-state index >= 15 is 0 Å². The van der Waals surface area contributed by atoms with Crippen molar-refractivity contribution >= 4 is 43.4 Å². The third-order valence-electron chi connectivity index (χ3n) is 12.0. The van der Waals surface area contributed by atoms with E-state index in [-0.39, 0.29) is 20.1 Å². The number of fused-ring (bicyclic) bond motifs is 7. The van der Waals surface area contributed by atoms with Crippen LogP contribution in [0.2, 0.25) is 0 Å². The van der Waals surface area contributed by atoms with E-state index in [4.69, 9.17) is 4.98 Å². The fourth-order valence-electron chi connectivity index (χ4n) is 8.95. The van der Waals surface area contributed by atoms with Gasteiger partial charge in [0.05, 0.1) is 16.9 Å². The summed E-state index contributed by atoms with van der Waals surface area (Å²) in [5, 5.41) is 7.49. The van der Waals surface area contributed by atoms with Gasteiger partial charge in [0.15, 0.2) is 0 Å². The van der Waals surface area contributed by atoms with Crippen LogP contribution >= 0.6 is 0 Å². The monoisotopic (exact) mass is 996 g/mol. The number of aromatic nitrogens is 3. The van der Waals surface area contributed by atoms with Gasteiger partial charge in [-0.15, -0.1) is 59.7 Å². The Hall–Kier alpha value is -6.19. The molecule has 3 nitrogen and oxygen atoms in total. The molecule has 0 amide bonds. The number of hydrogen-bond donors (Lipinski definition) is 0. The summed E-state index contributed by atoms with van der Waals surface area (Å²) in [5.74, 6) is 2.22. The van der Waals surface area contributed by atoms with Crippen LogP contribution in [0.3, 0.4) is 0 Å². The van der Waals surface area contributed by atoms with Crippen LogP contribution in [-0.4, -0.2) is 14.5 Å². The Labute approximate surface area is 386 Å². The summed E-state index contributed by atoms with van der Waals surface area (Å²) in [6.45, 7) is 15.8. The Morgan fingerprint density at radius 1 is 0.556 bits per heavy atom. The Kier molecular flexibility index (Phi) is 12.9. The molecule has 63 heavy (non-hydrogen) atoms. The van der Waals surface area contributed by atoms with Gasteiger partial charge < -0.3 is 9.55 Å². The summed E-state index contributed by atoms with van der Waals surface area (Å²) in [6, 6.07) is 63.1. The van der Waals surface area contributed by atoms with Crippen LogP contribution in [-0.2, 0) is 26.5 Å². The fraction of sp³-hybridized carbons (Fsp3) is 0.186. The zero-order valence-electron chi connectivity index (χ0n) is 37.2. The molecular weight excluding hydrogens is 943 g/mol. The standard InChI is InChI=1S/C43H35N2.C16H18N.Ir/c1-27(2)37-25-31(29-14-6-5-7-15-29)26-38(28(3)4)42(37)45-41-21-13-12-20-40(41)44-43(45)30-22-23-36-34-18-9-8-16-32(34)33-17-10-11-19-35(33)39(36)24-30;1-12(2)9-15-10-16(17-11-13(15)3)14-7-5-4-6-8-14;/h5-21,23-28H,1-4H3;4-7,10-12H,9H2,1-3H3;/q2*-1;. The average Bonchev–Trinajstić information content (AvgIpc) is 3.69. The van der Waals surface area contributed by atoms with Gasteiger partial charge >= 0.3 is 0 Å². The maximum Gasteiger partial charge on any atom is 0.0774 e. The summed E-state index contributed by atoms with van der Waals surface area (Å²) >= 11 is 0. The SMILES string of the molecule is CC(C)c1cc(-c2ccccc2)cc(C(C)C)c1-n1c(-c2[c-]cc3c4ccccc4c4ccccc4c3c2)nc2ccccc21.Cc1cnc(-c2[c-]cccc2)cc1CC(C)C.[Ir]. The van der Waals surface area contributed by atoms with Crippen molar-refractivity contribution in [2.45, 2.75) is 66.7 Å². The maximum absolute atomic E-state index is 5.32. The number of aryl methyl sites for hydroxylation is 1. The van der Waals surface area contributed by atoms with Gasteiger partial charge in [-0.25, -0.2) is 0 Å². The minimum Gasteiger partial charge on any atom is -0.333 e. The van der Waals surface area contributed by atoms with Crippen molar-refractivity contribution in [3.05, 3.63) is 198 Å². The van der Waals surface area contributed by atoms with Crippen LogP contribution < -0.4 is 0 Å².